The molecule has 84 valence electrons. The van der Waals surface area contributed by atoms with E-state index in [1.54, 1.807) is 0 Å². The van der Waals surface area contributed by atoms with Crippen molar-refractivity contribution in [1.29, 1.82) is 0 Å². The minimum absolute atomic E-state index is 0.0319. The molecule has 0 aromatic heterocycles. The molecule has 3 nitrogen and oxygen atoms in total. The second kappa shape index (κ2) is 3.86. The molecule has 0 spiro atoms. The molecule has 2 aliphatic heterocycles. The fourth-order valence-corrected chi connectivity index (χ4v) is 2.65. The van der Waals surface area contributed by atoms with Crippen molar-refractivity contribution in [2.75, 3.05) is 13.2 Å². The Hall–Kier alpha value is -0.870. The average molecular weight is 283 g/mol. The molecule has 1 aromatic carbocycles. The molecule has 16 heavy (non-hydrogen) atoms. The molecule has 1 aromatic rings. The Labute approximate surface area is 102 Å². The van der Waals surface area contributed by atoms with Crippen LogP contribution in [0.1, 0.15) is 16.8 Å². The first-order valence-corrected chi connectivity index (χ1v) is 6.13. The van der Waals surface area contributed by atoms with Crippen LogP contribution in [0.25, 0.3) is 0 Å². The highest BCUT2D eigenvalue weighted by Gasteiger charge is 2.39. The molecule has 2 heterocycles. The Morgan fingerprint density at radius 1 is 1.38 bits per heavy atom. The summed E-state index contributed by atoms with van der Waals surface area (Å²) in [6.45, 7) is 1.17. The normalized spacial score (nSPS) is 27.9. The second-order valence-electron chi connectivity index (χ2n) is 4.13. The maximum atomic E-state index is 12.2. The summed E-state index contributed by atoms with van der Waals surface area (Å²) in [5.41, 5.74) is 0.692. The molecular formula is C12H11BrO3. The van der Waals surface area contributed by atoms with Crippen molar-refractivity contribution < 1.29 is 14.3 Å². The molecule has 0 unspecified atom stereocenters. The van der Waals surface area contributed by atoms with Crippen molar-refractivity contribution >= 4 is 21.7 Å². The summed E-state index contributed by atoms with van der Waals surface area (Å²) in [7, 11) is 0. The van der Waals surface area contributed by atoms with Gasteiger partial charge in [-0.05, 0) is 24.6 Å². The number of fused-ring (bicyclic) bond motifs is 2. The Morgan fingerprint density at radius 2 is 2.25 bits per heavy atom. The van der Waals surface area contributed by atoms with Gasteiger partial charge in [-0.1, -0.05) is 15.9 Å². The van der Waals surface area contributed by atoms with Gasteiger partial charge in [-0.2, -0.15) is 0 Å². The number of rotatable bonds is 0. The molecule has 0 saturated carbocycles. The van der Waals surface area contributed by atoms with E-state index in [4.69, 9.17) is 9.47 Å². The predicted molar refractivity (Wildman–Crippen MR) is 61.8 cm³/mol. The van der Waals surface area contributed by atoms with Crippen molar-refractivity contribution in [3.63, 3.8) is 0 Å². The third kappa shape index (κ3) is 1.57. The number of ether oxygens (including phenoxy) is 2. The van der Waals surface area contributed by atoms with Gasteiger partial charge in [0.05, 0.1) is 18.1 Å². The Morgan fingerprint density at radius 3 is 3.12 bits per heavy atom. The van der Waals surface area contributed by atoms with Crippen LogP contribution in [-0.4, -0.2) is 25.1 Å². The lowest BCUT2D eigenvalue weighted by atomic mass is 9.86. The summed E-state index contributed by atoms with van der Waals surface area (Å²) in [6, 6.07) is 5.56. The highest BCUT2D eigenvalue weighted by Crippen LogP contribution is 2.35. The van der Waals surface area contributed by atoms with Gasteiger partial charge >= 0.3 is 0 Å². The van der Waals surface area contributed by atoms with Crippen LogP contribution in [-0.2, 0) is 4.74 Å². The average Bonchev–Trinajstić information content (AvgIpc) is 2.31. The number of halogens is 1. The molecule has 4 heteroatoms. The van der Waals surface area contributed by atoms with Crippen LogP contribution in [0.5, 0.6) is 5.75 Å². The largest absolute Gasteiger partial charge is 0.486 e. The Bertz CT molecular complexity index is 444. The molecule has 0 amide bonds. The van der Waals surface area contributed by atoms with Crippen molar-refractivity contribution in [2.45, 2.75) is 12.5 Å². The van der Waals surface area contributed by atoms with Crippen molar-refractivity contribution in [3.05, 3.63) is 28.2 Å². The molecule has 1 saturated heterocycles. The summed E-state index contributed by atoms with van der Waals surface area (Å²) in [6.07, 6.45) is 0.657. The monoisotopic (exact) mass is 282 g/mol. The van der Waals surface area contributed by atoms with Crippen molar-refractivity contribution in [1.82, 2.24) is 0 Å². The fraction of sp³-hybridized carbons (Fsp3) is 0.417. The number of benzene rings is 1. The maximum Gasteiger partial charge on any atom is 0.173 e. The number of hydrogen-bond donors (Lipinski definition) is 0. The summed E-state index contributed by atoms with van der Waals surface area (Å²) in [5.74, 6) is 0.839. The molecule has 3 rings (SSSR count). The lowest BCUT2D eigenvalue weighted by Crippen LogP contribution is -2.44. The van der Waals surface area contributed by atoms with Crippen LogP contribution >= 0.6 is 15.9 Å². The molecular weight excluding hydrogens is 272 g/mol. The van der Waals surface area contributed by atoms with Gasteiger partial charge < -0.3 is 9.47 Å². The SMILES string of the molecule is O=C1c2cc(Br)ccc2O[C@@H]2COCC[C@@H]12. The third-order valence-corrected chi connectivity index (χ3v) is 3.62. The number of Topliss-reactive ketones (excluding diaryl/α,β-unsaturated/α-hetero) is 1. The molecule has 1 fully saturated rings. The van der Waals surface area contributed by atoms with Crippen LogP contribution in [0.15, 0.2) is 22.7 Å². The Kier molecular flexibility index (Phi) is 2.48. The predicted octanol–water partition coefficient (Wildman–Crippen LogP) is 2.43. The number of ketones is 1. The number of hydrogen-bond acceptors (Lipinski definition) is 3. The summed E-state index contributed by atoms with van der Waals surface area (Å²) >= 11 is 3.37. The van der Waals surface area contributed by atoms with Gasteiger partial charge in [0.25, 0.3) is 0 Å². The van der Waals surface area contributed by atoms with Gasteiger partial charge in [0, 0.05) is 11.1 Å². The summed E-state index contributed by atoms with van der Waals surface area (Å²) < 4.78 is 12.0. The van der Waals surface area contributed by atoms with E-state index in [0.29, 0.717) is 24.5 Å². The first-order chi connectivity index (χ1) is 7.75. The van der Waals surface area contributed by atoms with Crippen molar-refractivity contribution in [2.24, 2.45) is 5.92 Å². The van der Waals surface area contributed by atoms with Gasteiger partial charge in [-0.3, -0.25) is 4.79 Å². The van der Waals surface area contributed by atoms with E-state index >= 15 is 0 Å². The van der Waals surface area contributed by atoms with E-state index < -0.39 is 0 Å². The molecule has 2 aliphatic rings. The lowest BCUT2D eigenvalue weighted by molar-refractivity contribution is -0.0289. The summed E-state index contributed by atoms with van der Waals surface area (Å²) in [4.78, 5) is 12.2. The first-order valence-electron chi connectivity index (χ1n) is 5.34. The van der Waals surface area contributed by atoms with E-state index in [1.165, 1.54) is 0 Å². The minimum Gasteiger partial charge on any atom is -0.486 e. The molecule has 0 radical (unpaired) electrons. The van der Waals surface area contributed by atoms with Crippen LogP contribution in [0.2, 0.25) is 0 Å². The van der Waals surface area contributed by atoms with Gasteiger partial charge in [0.1, 0.15) is 11.9 Å². The zero-order valence-electron chi connectivity index (χ0n) is 8.61. The smallest absolute Gasteiger partial charge is 0.173 e. The Balaban J connectivity index is 2.03. The quantitative estimate of drug-likeness (QED) is 0.733. The fourth-order valence-electron chi connectivity index (χ4n) is 2.29. The van der Waals surface area contributed by atoms with Gasteiger partial charge in [0.15, 0.2) is 5.78 Å². The van der Waals surface area contributed by atoms with E-state index in [-0.39, 0.29) is 17.8 Å². The van der Waals surface area contributed by atoms with Gasteiger partial charge in [-0.15, -0.1) is 0 Å². The van der Waals surface area contributed by atoms with Crippen LogP contribution in [0, 0.1) is 5.92 Å². The van der Waals surface area contributed by atoms with E-state index in [1.807, 2.05) is 18.2 Å². The highest BCUT2D eigenvalue weighted by atomic mass is 79.9. The molecule has 2 atom stereocenters. The second-order valence-corrected chi connectivity index (χ2v) is 5.05. The highest BCUT2D eigenvalue weighted by molar-refractivity contribution is 9.10. The van der Waals surface area contributed by atoms with Crippen LogP contribution in [0.3, 0.4) is 0 Å². The minimum atomic E-state index is -0.102. The van der Waals surface area contributed by atoms with E-state index in [9.17, 15) is 4.79 Å². The lowest BCUT2D eigenvalue weighted by Gasteiger charge is -2.35. The topological polar surface area (TPSA) is 35.5 Å². The number of carbonyl (C=O) groups excluding carboxylic acids is 1. The van der Waals surface area contributed by atoms with E-state index in [2.05, 4.69) is 15.9 Å². The molecule has 0 bridgehead atoms. The zero-order valence-corrected chi connectivity index (χ0v) is 10.2. The zero-order chi connectivity index (χ0) is 11.1. The van der Waals surface area contributed by atoms with Crippen molar-refractivity contribution in [3.8, 4) is 5.75 Å². The summed E-state index contributed by atoms with van der Waals surface area (Å²) in [5, 5.41) is 0. The van der Waals surface area contributed by atoms with Gasteiger partial charge in [0.2, 0.25) is 0 Å². The first kappa shape index (κ1) is 10.3. The van der Waals surface area contributed by atoms with Crippen LogP contribution < -0.4 is 4.74 Å². The molecule has 0 aliphatic carbocycles. The van der Waals surface area contributed by atoms with Crippen LogP contribution in [0.4, 0.5) is 0 Å². The number of carbonyl (C=O) groups is 1. The standard InChI is InChI=1S/C12H11BrO3/c13-7-1-2-10-9(5-7)12(14)8-3-4-15-6-11(8)16-10/h1-2,5,8,11H,3-4,6H2/t8-,11-/m1/s1. The van der Waals surface area contributed by atoms with E-state index in [0.717, 1.165) is 10.9 Å². The third-order valence-electron chi connectivity index (χ3n) is 3.13. The van der Waals surface area contributed by atoms with Gasteiger partial charge in [-0.25, -0.2) is 0 Å². The molecule has 0 N–H and O–H groups in total. The maximum absolute atomic E-state index is 12.2.